The second kappa shape index (κ2) is 5.09. The summed E-state index contributed by atoms with van der Waals surface area (Å²) in [5.41, 5.74) is 0.913. The van der Waals surface area contributed by atoms with Crippen molar-refractivity contribution in [1.82, 2.24) is 25.2 Å². The van der Waals surface area contributed by atoms with E-state index >= 15 is 0 Å². The minimum Gasteiger partial charge on any atom is -0.359 e. The second-order valence-corrected chi connectivity index (χ2v) is 3.93. The Bertz CT molecular complexity index is 488. The smallest absolute Gasteiger partial charge is 0.158 e. The van der Waals surface area contributed by atoms with E-state index in [1.807, 2.05) is 24.6 Å². The van der Waals surface area contributed by atoms with Crippen molar-refractivity contribution < 1.29 is 4.52 Å². The minimum atomic E-state index is 0.575. The number of nitrogens with zero attached hydrogens (tertiary/aromatic N) is 4. The van der Waals surface area contributed by atoms with Crippen molar-refractivity contribution in [1.29, 1.82) is 0 Å². The molecule has 0 atom stereocenters. The predicted octanol–water partition coefficient (Wildman–Crippen LogP) is 1.04. The van der Waals surface area contributed by atoms with Crippen molar-refractivity contribution in [2.75, 3.05) is 6.54 Å². The Morgan fingerprint density at radius 1 is 1.41 bits per heavy atom. The normalized spacial score (nSPS) is 11.0. The van der Waals surface area contributed by atoms with Crippen LogP contribution in [0.3, 0.4) is 0 Å². The Balaban J connectivity index is 2.03. The Kier molecular flexibility index (Phi) is 3.53. The van der Waals surface area contributed by atoms with Crippen LogP contribution in [-0.2, 0) is 13.1 Å². The van der Waals surface area contributed by atoms with E-state index in [2.05, 4.69) is 27.5 Å². The van der Waals surface area contributed by atoms with Crippen LogP contribution in [0.2, 0.25) is 0 Å². The lowest BCUT2D eigenvalue weighted by Crippen LogP contribution is -2.11. The highest BCUT2D eigenvalue weighted by Crippen LogP contribution is 2.07. The predicted molar refractivity (Wildman–Crippen MR) is 62.5 cm³/mol. The van der Waals surface area contributed by atoms with Crippen molar-refractivity contribution in [3.05, 3.63) is 29.2 Å². The van der Waals surface area contributed by atoms with Crippen molar-refractivity contribution in [2.24, 2.45) is 0 Å². The van der Waals surface area contributed by atoms with Gasteiger partial charge in [-0.05, 0) is 20.4 Å². The van der Waals surface area contributed by atoms with Gasteiger partial charge in [-0.1, -0.05) is 12.1 Å². The highest BCUT2D eigenvalue weighted by Gasteiger charge is 2.08. The quantitative estimate of drug-likeness (QED) is 0.838. The number of aryl methyl sites for hydroxylation is 2. The maximum absolute atomic E-state index is 5.25. The number of hydrogen-bond donors (Lipinski definition) is 1. The SMILES string of the molecule is CCNCc1cc(Cn2nc(C)nc2C)on1. The fourth-order valence-electron chi connectivity index (χ4n) is 1.63. The first-order valence-corrected chi connectivity index (χ1v) is 5.72. The first-order chi connectivity index (χ1) is 8.19. The molecule has 0 fully saturated rings. The molecule has 92 valence electrons. The van der Waals surface area contributed by atoms with E-state index in [0.717, 1.165) is 36.2 Å². The molecular weight excluding hydrogens is 218 g/mol. The monoisotopic (exact) mass is 235 g/mol. The van der Waals surface area contributed by atoms with Gasteiger partial charge in [0.05, 0.1) is 5.69 Å². The van der Waals surface area contributed by atoms with E-state index < -0.39 is 0 Å². The maximum atomic E-state index is 5.25. The first kappa shape index (κ1) is 11.8. The summed E-state index contributed by atoms with van der Waals surface area (Å²) in [4.78, 5) is 4.24. The molecule has 1 N–H and O–H groups in total. The lowest BCUT2D eigenvalue weighted by atomic mass is 10.3. The van der Waals surface area contributed by atoms with Gasteiger partial charge in [-0.25, -0.2) is 9.67 Å². The fraction of sp³-hybridized carbons (Fsp3) is 0.545. The molecule has 0 aliphatic rings. The Morgan fingerprint density at radius 3 is 2.88 bits per heavy atom. The molecule has 6 nitrogen and oxygen atoms in total. The van der Waals surface area contributed by atoms with Crippen LogP contribution in [0.1, 0.15) is 30.0 Å². The van der Waals surface area contributed by atoms with Gasteiger partial charge in [0, 0.05) is 12.6 Å². The van der Waals surface area contributed by atoms with Crippen LogP contribution < -0.4 is 5.32 Å². The van der Waals surface area contributed by atoms with Gasteiger partial charge < -0.3 is 9.84 Å². The van der Waals surface area contributed by atoms with Crippen LogP contribution in [0.4, 0.5) is 0 Å². The van der Waals surface area contributed by atoms with Crippen LogP contribution in [0.15, 0.2) is 10.6 Å². The van der Waals surface area contributed by atoms with Gasteiger partial charge in [-0.2, -0.15) is 5.10 Å². The summed E-state index contributed by atoms with van der Waals surface area (Å²) in [6, 6.07) is 1.94. The van der Waals surface area contributed by atoms with Crippen molar-refractivity contribution >= 4 is 0 Å². The van der Waals surface area contributed by atoms with Crippen LogP contribution in [-0.4, -0.2) is 26.5 Å². The molecule has 0 saturated heterocycles. The lowest BCUT2D eigenvalue weighted by molar-refractivity contribution is 0.363. The van der Waals surface area contributed by atoms with E-state index in [4.69, 9.17) is 4.52 Å². The Hall–Kier alpha value is -1.69. The number of nitrogens with one attached hydrogen (secondary N) is 1. The number of rotatable bonds is 5. The highest BCUT2D eigenvalue weighted by atomic mass is 16.5. The third-order valence-corrected chi connectivity index (χ3v) is 2.43. The van der Waals surface area contributed by atoms with Crippen LogP contribution in [0.5, 0.6) is 0 Å². The van der Waals surface area contributed by atoms with Gasteiger partial charge in [0.1, 0.15) is 18.2 Å². The van der Waals surface area contributed by atoms with Crippen LogP contribution in [0, 0.1) is 13.8 Å². The molecule has 2 heterocycles. The van der Waals surface area contributed by atoms with Gasteiger partial charge in [0.2, 0.25) is 0 Å². The van der Waals surface area contributed by atoms with Crippen molar-refractivity contribution in [3.8, 4) is 0 Å². The van der Waals surface area contributed by atoms with Crippen LogP contribution in [0.25, 0.3) is 0 Å². The largest absolute Gasteiger partial charge is 0.359 e. The molecule has 0 amide bonds. The molecule has 0 aliphatic carbocycles. The van der Waals surface area contributed by atoms with Gasteiger partial charge in [-0.15, -0.1) is 0 Å². The van der Waals surface area contributed by atoms with Gasteiger partial charge in [0.15, 0.2) is 5.76 Å². The molecule has 0 unspecified atom stereocenters. The average Bonchev–Trinajstić information content (AvgIpc) is 2.84. The summed E-state index contributed by atoms with van der Waals surface area (Å²) in [6.07, 6.45) is 0. The van der Waals surface area contributed by atoms with E-state index in [-0.39, 0.29) is 0 Å². The van der Waals surface area contributed by atoms with Crippen molar-refractivity contribution in [3.63, 3.8) is 0 Å². The molecule has 0 aromatic carbocycles. The topological polar surface area (TPSA) is 68.8 Å². The number of aromatic nitrogens is 4. The summed E-state index contributed by atoms with van der Waals surface area (Å²) in [6.45, 7) is 8.09. The zero-order valence-corrected chi connectivity index (χ0v) is 10.4. The average molecular weight is 235 g/mol. The fourth-order valence-corrected chi connectivity index (χ4v) is 1.63. The Morgan fingerprint density at radius 2 is 2.24 bits per heavy atom. The third kappa shape index (κ3) is 2.91. The lowest BCUT2D eigenvalue weighted by Gasteiger charge is -1.97. The third-order valence-electron chi connectivity index (χ3n) is 2.43. The second-order valence-electron chi connectivity index (χ2n) is 3.93. The van der Waals surface area contributed by atoms with E-state index in [1.54, 1.807) is 0 Å². The van der Waals surface area contributed by atoms with Gasteiger partial charge in [-0.3, -0.25) is 0 Å². The molecule has 6 heteroatoms. The number of hydrogen-bond acceptors (Lipinski definition) is 5. The molecule has 2 aromatic rings. The first-order valence-electron chi connectivity index (χ1n) is 5.72. The zero-order valence-electron chi connectivity index (χ0n) is 10.4. The molecule has 0 spiro atoms. The molecule has 2 aromatic heterocycles. The summed E-state index contributed by atoms with van der Waals surface area (Å²) in [5, 5.41) is 11.5. The summed E-state index contributed by atoms with van der Waals surface area (Å²) in [5.74, 6) is 2.45. The summed E-state index contributed by atoms with van der Waals surface area (Å²) in [7, 11) is 0. The maximum Gasteiger partial charge on any atom is 0.158 e. The highest BCUT2D eigenvalue weighted by molar-refractivity contribution is 5.06. The van der Waals surface area contributed by atoms with Gasteiger partial charge in [0.25, 0.3) is 0 Å². The van der Waals surface area contributed by atoms with Gasteiger partial charge >= 0.3 is 0 Å². The summed E-state index contributed by atoms with van der Waals surface area (Å²) >= 11 is 0. The molecule has 2 rings (SSSR count). The molecule has 0 bridgehead atoms. The summed E-state index contributed by atoms with van der Waals surface area (Å²) < 4.78 is 7.06. The molecule has 0 saturated carbocycles. The van der Waals surface area contributed by atoms with E-state index in [9.17, 15) is 0 Å². The minimum absolute atomic E-state index is 0.575. The Labute approximate surface area is 100 Å². The molecule has 17 heavy (non-hydrogen) atoms. The van der Waals surface area contributed by atoms with Crippen molar-refractivity contribution in [2.45, 2.75) is 33.9 Å². The standard InChI is InChI=1S/C11H17N5O/c1-4-12-6-10-5-11(17-15-10)7-16-9(3)13-8(2)14-16/h5,12H,4,6-7H2,1-3H3. The van der Waals surface area contributed by atoms with E-state index in [1.165, 1.54) is 0 Å². The van der Waals surface area contributed by atoms with Crippen LogP contribution >= 0.6 is 0 Å². The molecular formula is C11H17N5O. The van der Waals surface area contributed by atoms with E-state index in [0.29, 0.717) is 6.54 Å². The molecule has 0 radical (unpaired) electrons. The molecule has 0 aliphatic heterocycles. The zero-order chi connectivity index (χ0) is 12.3.